The molecule has 0 saturated heterocycles. The molecule has 6 nitrogen and oxygen atoms in total. The Morgan fingerprint density at radius 1 is 1.09 bits per heavy atom. The summed E-state index contributed by atoms with van der Waals surface area (Å²) in [5.41, 5.74) is 3.36. The number of thiophene rings is 1. The Morgan fingerprint density at radius 2 is 1.83 bits per heavy atom. The quantitative estimate of drug-likeness (QED) is 0.443. The molecule has 1 saturated carbocycles. The van der Waals surface area contributed by atoms with Gasteiger partial charge in [-0.2, -0.15) is 4.31 Å². The fourth-order valence-electron chi connectivity index (χ4n) is 4.79. The lowest BCUT2D eigenvalue weighted by Crippen LogP contribution is -2.47. The van der Waals surface area contributed by atoms with Crippen LogP contribution in [0, 0.1) is 12.8 Å². The monoisotopic (exact) mass is 510 g/mol. The number of nitrogens with zero attached hydrogens (tertiary/aromatic N) is 2. The maximum atomic E-state index is 13.8. The number of carbonyl (C=O) groups is 1. The Labute approximate surface area is 211 Å². The molecular weight excluding hydrogens is 480 g/mol. The summed E-state index contributed by atoms with van der Waals surface area (Å²) in [7, 11) is -2.28. The Hall–Kier alpha value is -2.68. The molecule has 1 fully saturated rings. The van der Waals surface area contributed by atoms with E-state index in [0.29, 0.717) is 24.8 Å². The van der Waals surface area contributed by atoms with Gasteiger partial charge in [0.15, 0.2) is 0 Å². The Kier molecular flexibility index (Phi) is 6.70. The lowest BCUT2D eigenvalue weighted by atomic mass is 9.90. The highest BCUT2D eigenvalue weighted by Crippen LogP contribution is 2.39. The number of rotatable bonds is 8. The van der Waals surface area contributed by atoms with Crippen LogP contribution in [0.1, 0.15) is 40.5 Å². The van der Waals surface area contributed by atoms with E-state index in [1.807, 2.05) is 17.0 Å². The molecule has 184 valence electrons. The molecule has 1 atom stereocenters. The fraction of sp³-hybridized carbons (Fsp3) is 0.370. The molecule has 1 unspecified atom stereocenters. The van der Waals surface area contributed by atoms with Gasteiger partial charge in [0.1, 0.15) is 5.75 Å². The first-order valence-corrected chi connectivity index (χ1v) is 14.3. The molecule has 35 heavy (non-hydrogen) atoms. The number of hydrogen-bond acceptors (Lipinski definition) is 5. The number of carbonyl (C=O) groups excluding carboxylic acids is 1. The molecule has 1 aromatic heterocycles. The average Bonchev–Trinajstić information content (AvgIpc) is 3.56. The van der Waals surface area contributed by atoms with Crippen LogP contribution in [-0.2, 0) is 21.2 Å². The second-order valence-corrected chi connectivity index (χ2v) is 12.3. The Morgan fingerprint density at radius 3 is 2.51 bits per heavy atom. The molecule has 2 heterocycles. The lowest BCUT2D eigenvalue weighted by molar-refractivity contribution is -0.133. The molecule has 0 radical (unpaired) electrons. The van der Waals surface area contributed by atoms with Crippen molar-refractivity contribution >= 4 is 27.3 Å². The summed E-state index contributed by atoms with van der Waals surface area (Å²) in [6, 6.07) is 16.4. The first-order chi connectivity index (χ1) is 16.9. The number of hydrogen-bond donors (Lipinski definition) is 0. The van der Waals surface area contributed by atoms with Gasteiger partial charge in [0.05, 0.1) is 24.6 Å². The molecule has 2 aliphatic rings. The third-order valence-corrected chi connectivity index (χ3v) is 9.76. The molecule has 0 bridgehead atoms. The molecule has 5 rings (SSSR count). The summed E-state index contributed by atoms with van der Waals surface area (Å²) in [4.78, 5) is 17.2. The van der Waals surface area contributed by atoms with E-state index in [9.17, 15) is 13.2 Å². The van der Waals surface area contributed by atoms with E-state index in [1.54, 1.807) is 42.7 Å². The average molecular weight is 511 g/mol. The number of fused-ring (bicyclic) bond motifs is 1. The first kappa shape index (κ1) is 24.0. The molecule has 2 aromatic carbocycles. The Balaban J connectivity index is 1.45. The molecule has 0 spiro atoms. The maximum absolute atomic E-state index is 13.8. The van der Waals surface area contributed by atoms with Crippen LogP contribution in [0.25, 0.3) is 0 Å². The summed E-state index contributed by atoms with van der Waals surface area (Å²) < 4.78 is 33.7. The van der Waals surface area contributed by atoms with E-state index in [-0.39, 0.29) is 23.4 Å². The van der Waals surface area contributed by atoms with E-state index < -0.39 is 10.0 Å². The van der Waals surface area contributed by atoms with Gasteiger partial charge in [-0.1, -0.05) is 24.3 Å². The number of aryl methyl sites for hydroxylation is 1. The van der Waals surface area contributed by atoms with Crippen molar-refractivity contribution in [1.29, 1.82) is 0 Å². The van der Waals surface area contributed by atoms with Crippen LogP contribution in [0.2, 0.25) is 0 Å². The second kappa shape index (κ2) is 9.76. The van der Waals surface area contributed by atoms with Crippen molar-refractivity contribution in [1.82, 2.24) is 9.21 Å². The van der Waals surface area contributed by atoms with Crippen molar-refractivity contribution in [2.24, 2.45) is 5.92 Å². The molecule has 8 heteroatoms. The predicted molar refractivity (Wildman–Crippen MR) is 137 cm³/mol. The largest absolute Gasteiger partial charge is 0.497 e. The molecule has 1 aliphatic heterocycles. The van der Waals surface area contributed by atoms with E-state index in [4.69, 9.17) is 4.74 Å². The van der Waals surface area contributed by atoms with Gasteiger partial charge in [-0.05, 0) is 84.5 Å². The van der Waals surface area contributed by atoms with Gasteiger partial charge in [-0.25, -0.2) is 8.42 Å². The van der Waals surface area contributed by atoms with Gasteiger partial charge >= 0.3 is 0 Å². The highest BCUT2D eigenvalue weighted by Gasteiger charge is 2.38. The Bertz CT molecular complexity index is 1310. The first-order valence-electron chi connectivity index (χ1n) is 11.9. The summed E-state index contributed by atoms with van der Waals surface area (Å²) in [6.45, 7) is 2.84. The highest BCUT2D eigenvalue weighted by molar-refractivity contribution is 7.89. The zero-order chi connectivity index (χ0) is 24.6. The summed E-state index contributed by atoms with van der Waals surface area (Å²) in [5.74, 6) is 0.746. The van der Waals surface area contributed by atoms with Crippen molar-refractivity contribution in [3.63, 3.8) is 0 Å². The molecule has 3 aromatic rings. The van der Waals surface area contributed by atoms with Crippen molar-refractivity contribution in [3.05, 3.63) is 81.5 Å². The van der Waals surface area contributed by atoms with Gasteiger partial charge in [0, 0.05) is 18.0 Å². The summed E-state index contributed by atoms with van der Waals surface area (Å²) in [5, 5.41) is 2.08. The van der Waals surface area contributed by atoms with E-state index in [0.717, 1.165) is 36.0 Å². The standard InChI is InChI=1S/C27H30N2O4S2/c1-19-5-3-4-6-23(19)27-24-14-16-34-25(24)13-15-29(27)26(30)18-28(17-20-7-8-20)35(31,32)22-11-9-21(33-2)10-12-22/h3-6,9-12,14,16,20,27H,7-8,13,15,17-18H2,1-2H3. The second-order valence-electron chi connectivity index (χ2n) is 9.31. The summed E-state index contributed by atoms with van der Waals surface area (Å²) >= 11 is 1.72. The SMILES string of the molecule is COc1ccc(S(=O)(=O)N(CC(=O)N2CCc3sccc3C2c2ccccc2C)CC2CC2)cc1. The number of ether oxygens (including phenoxy) is 1. The van der Waals surface area contributed by atoms with Crippen molar-refractivity contribution in [3.8, 4) is 5.75 Å². The number of methoxy groups -OCH3 is 1. The topological polar surface area (TPSA) is 66.9 Å². The third-order valence-electron chi connectivity index (χ3n) is 6.94. The van der Waals surface area contributed by atoms with Gasteiger partial charge in [0.2, 0.25) is 15.9 Å². The van der Waals surface area contributed by atoms with Crippen molar-refractivity contribution < 1.29 is 17.9 Å². The lowest BCUT2D eigenvalue weighted by Gasteiger charge is -2.38. The molecule has 1 amide bonds. The zero-order valence-corrected chi connectivity index (χ0v) is 21.6. The van der Waals surface area contributed by atoms with Crippen molar-refractivity contribution in [2.45, 2.75) is 37.1 Å². The van der Waals surface area contributed by atoms with Crippen molar-refractivity contribution in [2.75, 3.05) is 26.7 Å². The van der Waals surface area contributed by atoms with Crippen LogP contribution in [0.3, 0.4) is 0 Å². The molecular formula is C27H30N2O4S2. The van der Waals surface area contributed by atoms with Gasteiger partial charge in [-0.15, -0.1) is 11.3 Å². The van der Waals surface area contributed by atoms with Gasteiger partial charge in [-0.3, -0.25) is 4.79 Å². The summed E-state index contributed by atoms with van der Waals surface area (Å²) in [6.07, 6.45) is 2.78. The van der Waals surface area contributed by atoms with Crippen LogP contribution in [0.15, 0.2) is 64.9 Å². The normalized spacial score (nSPS) is 17.9. The van der Waals surface area contributed by atoms with Crippen LogP contribution in [0.4, 0.5) is 0 Å². The fourth-order valence-corrected chi connectivity index (χ4v) is 7.16. The number of sulfonamides is 1. The minimum atomic E-state index is -3.82. The predicted octanol–water partition coefficient (Wildman–Crippen LogP) is 4.64. The highest BCUT2D eigenvalue weighted by atomic mass is 32.2. The molecule has 0 N–H and O–H groups in total. The van der Waals surface area contributed by atoms with Crippen LogP contribution < -0.4 is 4.74 Å². The van der Waals surface area contributed by atoms with Gasteiger partial charge < -0.3 is 9.64 Å². The number of benzene rings is 2. The zero-order valence-electron chi connectivity index (χ0n) is 20.0. The maximum Gasteiger partial charge on any atom is 0.243 e. The number of amides is 1. The van der Waals surface area contributed by atoms with Crippen LogP contribution in [-0.4, -0.2) is 50.3 Å². The minimum absolute atomic E-state index is 0.159. The van der Waals surface area contributed by atoms with E-state index in [1.165, 1.54) is 9.18 Å². The third kappa shape index (κ3) is 4.87. The van der Waals surface area contributed by atoms with Crippen LogP contribution >= 0.6 is 11.3 Å². The van der Waals surface area contributed by atoms with E-state index >= 15 is 0 Å². The van der Waals surface area contributed by atoms with Gasteiger partial charge in [0.25, 0.3) is 0 Å². The minimum Gasteiger partial charge on any atom is -0.497 e. The molecule has 1 aliphatic carbocycles. The van der Waals surface area contributed by atoms with Crippen LogP contribution in [0.5, 0.6) is 5.75 Å². The van der Waals surface area contributed by atoms with E-state index in [2.05, 4.69) is 30.5 Å². The smallest absolute Gasteiger partial charge is 0.243 e.